The minimum Gasteiger partial charge on any atom is -0.496 e. The highest BCUT2D eigenvalue weighted by molar-refractivity contribution is 5.94. The Balaban J connectivity index is 2.75. The Kier molecular flexibility index (Phi) is 7.42. The van der Waals surface area contributed by atoms with E-state index < -0.39 is 11.9 Å². The van der Waals surface area contributed by atoms with Gasteiger partial charge < -0.3 is 15.2 Å². The van der Waals surface area contributed by atoms with Crippen molar-refractivity contribution in [3.8, 4) is 5.75 Å². The summed E-state index contributed by atoms with van der Waals surface area (Å²) in [6.07, 6.45) is 0.525. The van der Waals surface area contributed by atoms with E-state index in [0.29, 0.717) is 23.3 Å². The molecule has 1 atom stereocenters. The van der Waals surface area contributed by atoms with E-state index in [2.05, 4.69) is 5.32 Å². The summed E-state index contributed by atoms with van der Waals surface area (Å²) in [7, 11) is 1.49. The molecule has 1 rings (SSSR count). The van der Waals surface area contributed by atoms with Crippen LogP contribution in [0.5, 0.6) is 5.75 Å². The van der Waals surface area contributed by atoms with Crippen molar-refractivity contribution in [1.29, 1.82) is 0 Å². The summed E-state index contributed by atoms with van der Waals surface area (Å²) in [5, 5.41) is 11.9. The molecule has 0 aliphatic rings. The second-order valence-corrected chi connectivity index (χ2v) is 6.23. The second kappa shape index (κ2) is 9.05. The summed E-state index contributed by atoms with van der Waals surface area (Å²) >= 11 is 0. The standard InChI is InChI=1S/C18H25NO5/c1-11(2)7-15(18(22)23)10-19-17(21)9-14-8-13(12(3)20)5-6-16(14)24-4/h5-6,8,11,15H,7,9-10H2,1-4H3,(H,19,21)(H,22,23). The monoisotopic (exact) mass is 335 g/mol. The maximum Gasteiger partial charge on any atom is 0.308 e. The molecule has 0 radical (unpaired) electrons. The molecule has 132 valence electrons. The number of ether oxygens (including phenoxy) is 1. The van der Waals surface area contributed by atoms with E-state index in [1.807, 2.05) is 13.8 Å². The van der Waals surface area contributed by atoms with Crippen LogP contribution in [0.3, 0.4) is 0 Å². The molecular formula is C18H25NO5. The van der Waals surface area contributed by atoms with Crippen LogP contribution < -0.4 is 10.1 Å². The van der Waals surface area contributed by atoms with Gasteiger partial charge in [0.05, 0.1) is 19.4 Å². The first-order valence-corrected chi connectivity index (χ1v) is 7.92. The summed E-state index contributed by atoms with van der Waals surface area (Å²) in [5.41, 5.74) is 1.10. The number of carboxylic acids is 1. The zero-order valence-corrected chi connectivity index (χ0v) is 14.6. The predicted octanol–water partition coefficient (Wildman–Crippen LogP) is 2.30. The zero-order chi connectivity index (χ0) is 18.3. The van der Waals surface area contributed by atoms with Gasteiger partial charge in [0, 0.05) is 17.7 Å². The lowest BCUT2D eigenvalue weighted by Gasteiger charge is -2.16. The molecular weight excluding hydrogens is 310 g/mol. The van der Waals surface area contributed by atoms with Crippen LogP contribution >= 0.6 is 0 Å². The van der Waals surface area contributed by atoms with E-state index in [-0.39, 0.29) is 30.6 Å². The van der Waals surface area contributed by atoms with Crippen molar-refractivity contribution in [3.63, 3.8) is 0 Å². The highest BCUT2D eigenvalue weighted by atomic mass is 16.5. The van der Waals surface area contributed by atoms with Gasteiger partial charge >= 0.3 is 5.97 Å². The van der Waals surface area contributed by atoms with Crippen LogP contribution in [0.25, 0.3) is 0 Å². The van der Waals surface area contributed by atoms with Gasteiger partial charge in [-0.25, -0.2) is 0 Å². The Hall–Kier alpha value is -2.37. The van der Waals surface area contributed by atoms with Gasteiger partial charge in [0.1, 0.15) is 5.75 Å². The fourth-order valence-corrected chi connectivity index (χ4v) is 2.45. The molecule has 0 aliphatic carbocycles. The number of nitrogens with one attached hydrogen (secondary N) is 1. The van der Waals surface area contributed by atoms with E-state index in [9.17, 15) is 19.5 Å². The van der Waals surface area contributed by atoms with Crippen LogP contribution in [-0.2, 0) is 16.0 Å². The van der Waals surface area contributed by atoms with Gasteiger partial charge in [-0.3, -0.25) is 14.4 Å². The van der Waals surface area contributed by atoms with Gasteiger partial charge in [0.25, 0.3) is 0 Å². The predicted molar refractivity (Wildman–Crippen MR) is 90.3 cm³/mol. The molecule has 0 aliphatic heterocycles. The lowest BCUT2D eigenvalue weighted by Crippen LogP contribution is -2.34. The number of hydrogen-bond donors (Lipinski definition) is 2. The minimum atomic E-state index is -0.917. The largest absolute Gasteiger partial charge is 0.496 e. The molecule has 0 saturated carbocycles. The van der Waals surface area contributed by atoms with Crippen LogP contribution in [-0.4, -0.2) is 36.4 Å². The van der Waals surface area contributed by atoms with Crippen molar-refractivity contribution in [3.05, 3.63) is 29.3 Å². The number of amides is 1. The SMILES string of the molecule is COc1ccc(C(C)=O)cc1CC(=O)NCC(CC(C)C)C(=O)O. The number of carbonyl (C=O) groups excluding carboxylic acids is 2. The second-order valence-electron chi connectivity index (χ2n) is 6.23. The van der Waals surface area contributed by atoms with Crippen LogP contribution in [0.1, 0.15) is 43.1 Å². The molecule has 0 saturated heterocycles. The average Bonchev–Trinajstić information content (AvgIpc) is 2.50. The maximum atomic E-state index is 12.1. The first kappa shape index (κ1) is 19.7. The van der Waals surface area contributed by atoms with Gasteiger partial charge in [-0.2, -0.15) is 0 Å². The molecule has 0 aromatic heterocycles. The number of aliphatic carboxylic acids is 1. The molecule has 0 spiro atoms. The smallest absolute Gasteiger partial charge is 0.308 e. The lowest BCUT2D eigenvalue weighted by atomic mass is 9.97. The van der Waals surface area contributed by atoms with Crippen molar-refractivity contribution in [2.75, 3.05) is 13.7 Å². The highest BCUT2D eigenvalue weighted by Crippen LogP contribution is 2.21. The van der Waals surface area contributed by atoms with Crippen molar-refractivity contribution in [1.82, 2.24) is 5.32 Å². The van der Waals surface area contributed by atoms with Crippen LogP contribution in [0.4, 0.5) is 0 Å². The van der Waals surface area contributed by atoms with Crippen LogP contribution in [0.2, 0.25) is 0 Å². The minimum absolute atomic E-state index is 0.0261. The fraction of sp³-hybridized carbons (Fsp3) is 0.500. The third-order valence-corrected chi connectivity index (χ3v) is 3.69. The number of carbonyl (C=O) groups is 3. The summed E-state index contributed by atoms with van der Waals surface area (Å²) in [6, 6.07) is 4.92. The molecule has 1 amide bonds. The summed E-state index contributed by atoms with van der Waals surface area (Å²) in [4.78, 5) is 34.8. The Morgan fingerprint density at radius 3 is 2.42 bits per heavy atom. The van der Waals surface area contributed by atoms with Gasteiger partial charge in [0.15, 0.2) is 5.78 Å². The van der Waals surface area contributed by atoms with Gasteiger partial charge in [0.2, 0.25) is 5.91 Å². The molecule has 6 nitrogen and oxygen atoms in total. The van der Waals surface area contributed by atoms with E-state index in [1.54, 1.807) is 18.2 Å². The molecule has 1 unspecified atom stereocenters. The summed E-state index contributed by atoms with van der Waals surface area (Å²) in [5.74, 6) is -1.17. The molecule has 0 heterocycles. The summed E-state index contributed by atoms with van der Waals surface area (Å²) in [6.45, 7) is 5.42. The van der Waals surface area contributed by atoms with Crippen LogP contribution in [0, 0.1) is 11.8 Å². The van der Waals surface area contributed by atoms with Crippen molar-refractivity contribution in [2.24, 2.45) is 11.8 Å². The lowest BCUT2D eigenvalue weighted by molar-refractivity contribution is -0.142. The van der Waals surface area contributed by atoms with Crippen molar-refractivity contribution in [2.45, 2.75) is 33.6 Å². The number of ketones is 1. The first-order valence-electron chi connectivity index (χ1n) is 7.92. The molecule has 1 aromatic carbocycles. The van der Waals surface area contributed by atoms with Gasteiger partial charge in [-0.1, -0.05) is 13.8 Å². The summed E-state index contributed by atoms with van der Waals surface area (Å²) < 4.78 is 5.21. The van der Waals surface area contributed by atoms with E-state index in [0.717, 1.165) is 0 Å². The Morgan fingerprint density at radius 1 is 1.25 bits per heavy atom. The third-order valence-electron chi connectivity index (χ3n) is 3.69. The Labute approximate surface area is 142 Å². The van der Waals surface area contributed by atoms with Crippen molar-refractivity contribution < 1.29 is 24.2 Å². The quantitative estimate of drug-likeness (QED) is 0.676. The Morgan fingerprint density at radius 2 is 1.92 bits per heavy atom. The van der Waals surface area contributed by atoms with Gasteiger partial charge in [-0.05, 0) is 37.5 Å². The molecule has 0 fully saturated rings. The highest BCUT2D eigenvalue weighted by Gasteiger charge is 2.20. The van der Waals surface area contributed by atoms with Crippen molar-refractivity contribution >= 4 is 17.7 Å². The normalized spacial score (nSPS) is 11.9. The van der Waals surface area contributed by atoms with E-state index in [4.69, 9.17) is 4.74 Å². The van der Waals surface area contributed by atoms with E-state index >= 15 is 0 Å². The molecule has 24 heavy (non-hydrogen) atoms. The number of benzene rings is 1. The van der Waals surface area contributed by atoms with E-state index in [1.165, 1.54) is 14.0 Å². The maximum absolute atomic E-state index is 12.1. The number of methoxy groups -OCH3 is 1. The fourth-order valence-electron chi connectivity index (χ4n) is 2.45. The number of rotatable bonds is 9. The first-order chi connectivity index (χ1) is 11.2. The number of Topliss-reactive ketones (excluding diaryl/α,β-unsaturated/α-hetero) is 1. The molecule has 1 aromatic rings. The molecule has 2 N–H and O–H groups in total. The third kappa shape index (κ3) is 6.02. The average molecular weight is 335 g/mol. The molecule has 0 bridgehead atoms. The van der Waals surface area contributed by atoms with Crippen LogP contribution in [0.15, 0.2) is 18.2 Å². The zero-order valence-electron chi connectivity index (χ0n) is 14.6. The number of hydrogen-bond acceptors (Lipinski definition) is 4. The Bertz CT molecular complexity index is 609. The van der Waals surface area contributed by atoms with Gasteiger partial charge in [-0.15, -0.1) is 0 Å². The molecule has 6 heteroatoms. The topological polar surface area (TPSA) is 92.7 Å². The number of carboxylic acid groups (broad SMARTS) is 1.